The normalized spacial score (nSPS) is 43.3. The minimum Gasteiger partial charge on any atom is -0.394 e. The average Bonchev–Trinajstić information content (AvgIpc) is 2.57. The van der Waals surface area contributed by atoms with Crippen LogP contribution in [0.2, 0.25) is 0 Å². The van der Waals surface area contributed by atoms with E-state index < -0.39 is 31.1 Å². The van der Waals surface area contributed by atoms with Gasteiger partial charge in [0.2, 0.25) is 0 Å². The van der Waals surface area contributed by atoms with Crippen LogP contribution in [0, 0.1) is 10.8 Å². The first-order valence-corrected chi connectivity index (χ1v) is 9.52. The van der Waals surface area contributed by atoms with E-state index in [1.54, 1.807) is 0 Å². The lowest BCUT2D eigenvalue weighted by Crippen LogP contribution is -2.81. The Kier molecular flexibility index (Phi) is 5.27. The molecule has 4 fully saturated rings. The Morgan fingerprint density at radius 3 is 1.80 bits per heavy atom. The molecule has 0 amide bonds. The van der Waals surface area contributed by atoms with Crippen LogP contribution in [0.3, 0.4) is 0 Å². The highest BCUT2D eigenvalue weighted by Gasteiger charge is 2.65. The van der Waals surface area contributed by atoms with Crippen molar-refractivity contribution in [3.63, 3.8) is 0 Å². The molecule has 4 heterocycles. The van der Waals surface area contributed by atoms with Gasteiger partial charge in [0, 0.05) is 26.2 Å². The number of aliphatic hydroxyl groups excluding tert-OH is 4. The van der Waals surface area contributed by atoms with Gasteiger partial charge in [0.25, 0.3) is 0 Å². The summed E-state index contributed by atoms with van der Waals surface area (Å²) in [5.41, 5.74) is -0.756. The highest BCUT2D eigenvalue weighted by molar-refractivity contribution is 5.93. The van der Waals surface area contributed by atoms with Crippen molar-refractivity contribution >= 4 is 5.78 Å². The maximum atomic E-state index is 13.3. The number of hydrogen-bond acceptors (Lipinski definition) is 7. The largest absolute Gasteiger partial charge is 0.394 e. The summed E-state index contributed by atoms with van der Waals surface area (Å²) in [6, 6.07) is 0. The van der Waals surface area contributed by atoms with Crippen molar-refractivity contribution in [3.8, 4) is 0 Å². The van der Waals surface area contributed by atoms with E-state index in [9.17, 15) is 20.1 Å². The van der Waals surface area contributed by atoms with Gasteiger partial charge in [-0.05, 0) is 12.8 Å². The zero-order valence-corrected chi connectivity index (χ0v) is 15.3. The number of rotatable bonds is 8. The molecule has 0 spiro atoms. The molecule has 0 aromatic carbocycles. The van der Waals surface area contributed by atoms with Crippen molar-refractivity contribution < 1.29 is 25.2 Å². The first-order chi connectivity index (χ1) is 11.8. The van der Waals surface area contributed by atoms with Gasteiger partial charge < -0.3 is 20.4 Å². The van der Waals surface area contributed by atoms with E-state index in [-0.39, 0.29) is 10.8 Å². The van der Waals surface area contributed by atoms with E-state index in [2.05, 4.69) is 23.6 Å². The molecule has 0 aromatic rings. The molecule has 4 bridgehead atoms. The topological polar surface area (TPSA) is 104 Å². The molecule has 4 aliphatic rings. The molecule has 144 valence electrons. The lowest BCUT2D eigenvalue weighted by atomic mass is 9.57. The van der Waals surface area contributed by atoms with Crippen LogP contribution < -0.4 is 0 Å². The predicted octanol–water partition coefficient (Wildman–Crippen LogP) is -0.826. The first kappa shape index (κ1) is 19.2. The highest BCUT2D eigenvalue weighted by atomic mass is 16.4. The van der Waals surface area contributed by atoms with Crippen molar-refractivity contribution in [2.45, 2.75) is 64.0 Å². The molecule has 0 radical (unpaired) electrons. The molecule has 3 atom stereocenters. The van der Waals surface area contributed by atoms with E-state index in [4.69, 9.17) is 5.11 Å². The maximum Gasteiger partial charge on any atom is 0.150 e. The van der Waals surface area contributed by atoms with Crippen LogP contribution in [0.25, 0.3) is 0 Å². The molecule has 4 rings (SSSR count). The van der Waals surface area contributed by atoms with E-state index >= 15 is 0 Å². The van der Waals surface area contributed by atoms with Gasteiger partial charge in [0.15, 0.2) is 0 Å². The van der Waals surface area contributed by atoms with E-state index in [1.807, 2.05) is 0 Å². The van der Waals surface area contributed by atoms with Crippen molar-refractivity contribution in [2.75, 3.05) is 32.8 Å². The third kappa shape index (κ3) is 2.85. The molecule has 0 saturated carbocycles. The van der Waals surface area contributed by atoms with Gasteiger partial charge in [-0.25, -0.2) is 0 Å². The van der Waals surface area contributed by atoms with Crippen LogP contribution in [0.5, 0.6) is 0 Å². The summed E-state index contributed by atoms with van der Waals surface area (Å²) >= 11 is 0. The summed E-state index contributed by atoms with van der Waals surface area (Å²) in [6.07, 6.45) is -0.820. The monoisotopic (exact) mass is 356 g/mol. The van der Waals surface area contributed by atoms with Gasteiger partial charge in [0.05, 0.1) is 23.6 Å². The molecule has 7 nitrogen and oxygen atoms in total. The first-order valence-electron chi connectivity index (χ1n) is 9.52. The Labute approximate surface area is 149 Å². The summed E-state index contributed by atoms with van der Waals surface area (Å²) < 4.78 is 0. The Morgan fingerprint density at radius 1 is 1.00 bits per heavy atom. The van der Waals surface area contributed by atoms with Gasteiger partial charge >= 0.3 is 0 Å². The predicted molar refractivity (Wildman–Crippen MR) is 91.7 cm³/mol. The molecule has 0 unspecified atom stereocenters. The summed E-state index contributed by atoms with van der Waals surface area (Å²) in [5, 5.41) is 39.6. The molecule has 4 saturated heterocycles. The standard InChI is InChI=1S/C18H32N2O5/c1-3-5-17-8-19-10-18(6-4-2,16(17)25)11-20(9-17)15(19)14(24)13(23)12(22)7-21/h12-15,21-24H,3-11H2,1-2H3/t12-,13-,14+,15?,17?,18?/m0/s1. The van der Waals surface area contributed by atoms with E-state index in [0.29, 0.717) is 32.0 Å². The van der Waals surface area contributed by atoms with Gasteiger partial charge in [0.1, 0.15) is 24.1 Å². The van der Waals surface area contributed by atoms with Gasteiger partial charge in [-0.3, -0.25) is 14.6 Å². The van der Waals surface area contributed by atoms with Crippen LogP contribution in [0.15, 0.2) is 0 Å². The second-order valence-corrected chi connectivity index (χ2v) is 8.34. The number of carbonyl (C=O) groups excluding carboxylic acids is 1. The summed E-state index contributed by atoms with van der Waals surface area (Å²) in [6.45, 7) is 6.00. The minimum atomic E-state index is -1.41. The third-order valence-corrected chi connectivity index (χ3v) is 6.43. The molecule has 0 aliphatic carbocycles. The molecule has 4 aliphatic heterocycles. The Bertz CT molecular complexity index is 470. The van der Waals surface area contributed by atoms with Crippen molar-refractivity contribution in [1.82, 2.24) is 9.80 Å². The number of aliphatic hydroxyl groups is 4. The van der Waals surface area contributed by atoms with Crippen LogP contribution in [-0.4, -0.2) is 93.3 Å². The Morgan fingerprint density at radius 2 is 1.44 bits per heavy atom. The number of hydrogen-bond donors (Lipinski definition) is 4. The SMILES string of the molecule is CCCC12CN3CC(CCC)(CN(C1)C3[C@H](O)[C@@H](O)[C@@H](O)CO)C2=O. The van der Waals surface area contributed by atoms with Crippen LogP contribution >= 0.6 is 0 Å². The summed E-state index contributed by atoms with van der Waals surface area (Å²) in [4.78, 5) is 17.6. The van der Waals surface area contributed by atoms with Gasteiger partial charge in [-0.15, -0.1) is 0 Å². The average molecular weight is 356 g/mol. The molecular weight excluding hydrogens is 324 g/mol. The molecule has 4 N–H and O–H groups in total. The quantitative estimate of drug-likeness (QED) is 0.450. The fourth-order valence-electron chi connectivity index (χ4n) is 5.67. The van der Waals surface area contributed by atoms with Gasteiger partial charge in [-0.1, -0.05) is 26.7 Å². The fourth-order valence-corrected chi connectivity index (χ4v) is 5.67. The third-order valence-electron chi connectivity index (χ3n) is 6.43. The molecule has 0 aromatic heterocycles. The lowest BCUT2D eigenvalue weighted by molar-refractivity contribution is -0.232. The number of piperidine rings is 2. The zero-order chi connectivity index (χ0) is 18.4. The van der Waals surface area contributed by atoms with Crippen molar-refractivity contribution in [2.24, 2.45) is 10.8 Å². The molecular formula is C18H32N2O5. The zero-order valence-electron chi connectivity index (χ0n) is 15.3. The Hall–Kier alpha value is -0.570. The smallest absolute Gasteiger partial charge is 0.150 e. The molecule has 25 heavy (non-hydrogen) atoms. The number of Topliss-reactive ketones (excluding diaryl/α,β-unsaturated/α-hetero) is 1. The minimum absolute atomic E-state index is 0.378. The fraction of sp³-hybridized carbons (Fsp3) is 0.944. The summed E-state index contributed by atoms with van der Waals surface area (Å²) in [7, 11) is 0. The van der Waals surface area contributed by atoms with Crippen LogP contribution in [0.1, 0.15) is 39.5 Å². The number of ketones is 1. The van der Waals surface area contributed by atoms with Gasteiger partial charge in [-0.2, -0.15) is 0 Å². The van der Waals surface area contributed by atoms with Crippen molar-refractivity contribution in [1.29, 1.82) is 0 Å². The van der Waals surface area contributed by atoms with E-state index in [1.165, 1.54) is 0 Å². The number of carbonyl (C=O) groups is 1. The molecule has 7 heteroatoms. The van der Waals surface area contributed by atoms with Crippen LogP contribution in [-0.2, 0) is 4.79 Å². The number of nitrogens with zero attached hydrogens (tertiary/aromatic N) is 2. The van der Waals surface area contributed by atoms with Crippen LogP contribution in [0.4, 0.5) is 0 Å². The Balaban J connectivity index is 1.89. The van der Waals surface area contributed by atoms with E-state index in [0.717, 1.165) is 25.7 Å². The second-order valence-electron chi connectivity index (χ2n) is 8.34. The second kappa shape index (κ2) is 6.87. The highest BCUT2D eigenvalue weighted by Crippen LogP contribution is 2.52. The lowest BCUT2D eigenvalue weighted by Gasteiger charge is -2.67. The maximum absolute atomic E-state index is 13.3. The van der Waals surface area contributed by atoms with Crippen molar-refractivity contribution in [3.05, 3.63) is 0 Å². The summed E-state index contributed by atoms with van der Waals surface area (Å²) in [5.74, 6) is 0.389.